The fourth-order valence-corrected chi connectivity index (χ4v) is 3.25. The molecule has 0 aliphatic carbocycles. The van der Waals surface area contributed by atoms with Gasteiger partial charge in [0, 0.05) is 17.0 Å². The van der Waals surface area contributed by atoms with Crippen molar-refractivity contribution < 1.29 is 21.6 Å². The first-order chi connectivity index (χ1) is 8.95. The molecule has 122 valence electrons. The Bertz CT molecular complexity index is 560. The Morgan fingerprint density at radius 2 is 1.67 bits per heavy atom. The van der Waals surface area contributed by atoms with Crippen LogP contribution >= 0.6 is 24.2 Å². The third-order valence-corrected chi connectivity index (χ3v) is 4.74. The maximum atomic E-state index is 12.2. The number of hydrogen-bond donors (Lipinski definition) is 2. The summed E-state index contributed by atoms with van der Waals surface area (Å²) < 4.78 is 62.9. The summed E-state index contributed by atoms with van der Waals surface area (Å²) in [6.07, 6.45) is 0. The van der Waals surface area contributed by atoms with E-state index < -0.39 is 21.1 Å². The third-order valence-electron chi connectivity index (χ3n) is 2.29. The van der Waals surface area contributed by atoms with Gasteiger partial charge in [-0.05, 0) is 49.9 Å². The van der Waals surface area contributed by atoms with E-state index in [1.165, 1.54) is 0 Å². The number of thioether (sulfide) groups is 1. The zero-order valence-electron chi connectivity index (χ0n) is 11.3. The zero-order chi connectivity index (χ0) is 15.6. The molecule has 0 bridgehead atoms. The van der Waals surface area contributed by atoms with Crippen LogP contribution in [0.1, 0.15) is 13.8 Å². The van der Waals surface area contributed by atoms with Crippen molar-refractivity contribution in [2.75, 3.05) is 6.54 Å². The average molecular weight is 365 g/mol. The number of benzene rings is 1. The second kappa shape index (κ2) is 7.19. The highest BCUT2D eigenvalue weighted by molar-refractivity contribution is 8.00. The van der Waals surface area contributed by atoms with Crippen LogP contribution < -0.4 is 10.5 Å². The quantitative estimate of drug-likeness (QED) is 0.788. The maximum Gasteiger partial charge on any atom is 0.446 e. The summed E-state index contributed by atoms with van der Waals surface area (Å²) in [4.78, 5) is -0.180. The topological polar surface area (TPSA) is 72.2 Å². The van der Waals surface area contributed by atoms with Crippen molar-refractivity contribution in [1.82, 2.24) is 4.72 Å². The lowest BCUT2D eigenvalue weighted by molar-refractivity contribution is -0.0328. The van der Waals surface area contributed by atoms with Crippen LogP contribution in [-0.4, -0.2) is 26.0 Å². The van der Waals surface area contributed by atoms with Gasteiger partial charge in [-0.25, -0.2) is 13.1 Å². The Morgan fingerprint density at radius 1 is 1.19 bits per heavy atom. The molecule has 0 aliphatic heterocycles. The van der Waals surface area contributed by atoms with E-state index in [0.29, 0.717) is 0 Å². The molecule has 0 amide bonds. The van der Waals surface area contributed by atoms with E-state index in [0.717, 1.165) is 24.3 Å². The molecule has 0 atom stereocenters. The molecule has 0 aromatic heterocycles. The monoisotopic (exact) mass is 364 g/mol. The number of hydrogen-bond acceptors (Lipinski definition) is 4. The van der Waals surface area contributed by atoms with E-state index >= 15 is 0 Å². The van der Waals surface area contributed by atoms with E-state index in [2.05, 4.69) is 4.72 Å². The second-order valence-electron chi connectivity index (χ2n) is 4.71. The van der Waals surface area contributed by atoms with Crippen LogP contribution in [-0.2, 0) is 10.0 Å². The normalized spacial score (nSPS) is 12.9. The number of sulfonamides is 1. The summed E-state index contributed by atoms with van der Waals surface area (Å²) in [7, 11) is -3.81. The van der Waals surface area contributed by atoms with Gasteiger partial charge in [0.1, 0.15) is 0 Å². The Kier molecular flexibility index (Phi) is 7.02. The number of nitrogens with one attached hydrogen (secondary N) is 1. The molecule has 0 saturated heterocycles. The molecule has 0 radical (unpaired) electrons. The van der Waals surface area contributed by atoms with Crippen LogP contribution in [0.4, 0.5) is 13.2 Å². The first-order valence-corrected chi connectivity index (χ1v) is 7.85. The van der Waals surface area contributed by atoms with Crippen LogP contribution in [0.15, 0.2) is 34.1 Å². The fourth-order valence-electron chi connectivity index (χ4n) is 1.28. The molecule has 4 nitrogen and oxygen atoms in total. The van der Waals surface area contributed by atoms with Gasteiger partial charge < -0.3 is 5.73 Å². The summed E-state index contributed by atoms with van der Waals surface area (Å²) in [5, 5.41) is 0. The van der Waals surface area contributed by atoms with Gasteiger partial charge in [0.2, 0.25) is 10.0 Å². The van der Waals surface area contributed by atoms with Gasteiger partial charge in [-0.2, -0.15) is 13.2 Å². The lowest BCUT2D eigenvalue weighted by Crippen LogP contribution is -2.48. The van der Waals surface area contributed by atoms with Gasteiger partial charge in [0.15, 0.2) is 0 Å². The number of rotatable bonds is 5. The molecule has 21 heavy (non-hydrogen) atoms. The van der Waals surface area contributed by atoms with Gasteiger partial charge in [0.25, 0.3) is 0 Å². The molecule has 1 rings (SSSR count). The zero-order valence-corrected chi connectivity index (χ0v) is 13.7. The van der Waals surface area contributed by atoms with Gasteiger partial charge in [-0.15, -0.1) is 12.4 Å². The molecule has 10 heteroatoms. The van der Waals surface area contributed by atoms with Crippen LogP contribution in [0.5, 0.6) is 0 Å². The van der Waals surface area contributed by atoms with Crippen molar-refractivity contribution >= 4 is 34.2 Å². The van der Waals surface area contributed by atoms with Crippen LogP contribution in [0.2, 0.25) is 0 Å². The number of alkyl halides is 3. The van der Waals surface area contributed by atoms with Crippen molar-refractivity contribution in [1.29, 1.82) is 0 Å². The van der Waals surface area contributed by atoms with Gasteiger partial charge in [0.05, 0.1) is 4.90 Å². The molecule has 0 heterocycles. The molecule has 0 fully saturated rings. The standard InChI is InChI=1S/C11H15F3N2O2S2.ClH/c1-10(2,7-15)16-20(17,18)9-5-3-8(4-6-9)19-11(12,13)14;/h3-6,16H,7,15H2,1-2H3;1H. The number of halogens is 4. The molecule has 0 aliphatic rings. The molecule has 0 saturated carbocycles. The van der Waals surface area contributed by atoms with E-state index in [4.69, 9.17) is 5.73 Å². The highest BCUT2D eigenvalue weighted by Crippen LogP contribution is 2.36. The highest BCUT2D eigenvalue weighted by Gasteiger charge is 2.29. The minimum absolute atomic E-state index is 0. The largest absolute Gasteiger partial charge is 0.446 e. The molecule has 1 aromatic rings. The lowest BCUT2D eigenvalue weighted by atomic mass is 10.1. The predicted molar refractivity (Wildman–Crippen MR) is 79.1 cm³/mol. The van der Waals surface area contributed by atoms with E-state index in [-0.39, 0.29) is 40.5 Å². The van der Waals surface area contributed by atoms with Gasteiger partial charge in [-0.1, -0.05) is 0 Å². The molecule has 1 aromatic carbocycles. The van der Waals surface area contributed by atoms with Crippen molar-refractivity contribution in [3.05, 3.63) is 24.3 Å². The van der Waals surface area contributed by atoms with Crippen LogP contribution in [0.25, 0.3) is 0 Å². The molecule has 0 spiro atoms. The van der Waals surface area contributed by atoms with Crippen LogP contribution in [0, 0.1) is 0 Å². The van der Waals surface area contributed by atoms with Crippen molar-refractivity contribution in [2.45, 2.75) is 34.7 Å². The summed E-state index contributed by atoms with van der Waals surface area (Å²) in [5.74, 6) is 0. The smallest absolute Gasteiger partial charge is 0.329 e. The molecular formula is C11H16ClF3N2O2S2. The SMILES string of the molecule is CC(C)(CN)NS(=O)(=O)c1ccc(SC(F)(F)F)cc1.Cl. The van der Waals surface area contributed by atoms with E-state index in [9.17, 15) is 21.6 Å². The van der Waals surface area contributed by atoms with Gasteiger partial charge >= 0.3 is 5.51 Å². The molecule has 0 unspecified atom stereocenters. The Balaban J connectivity index is 0.00000400. The van der Waals surface area contributed by atoms with Crippen molar-refractivity contribution in [2.24, 2.45) is 5.73 Å². The number of nitrogens with two attached hydrogens (primary N) is 1. The summed E-state index contributed by atoms with van der Waals surface area (Å²) in [5.41, 5.74) is 0.192. The lowest BCUT2D eigenvalue weighted by Gasteiger charge is -2.23. The second-order valence-corrected chi connectivity index (χ2v) is 7.53. The third kappa shape index (κ3) is 6.88. The van der Waals surface area contributed by atoms with Crippen LogP contribution in [0.3, 0.4) is 0 Å². The van der Waals surface area contributed by atoms with Crippen molar-refractivity contribution in [3.8, 4) is 0 Å². The van der Waals surface area contributed by atoms with Crippen molar-refractivity contribution in [3.63, 3.8) is 0 Å². The highest BCUT2D eigenvalue weighted by atomic mass is 35.5. The summed E-state index contributed by atoms with van der Waals surface area (Å²) in [6, 6.07) is 4.48. The Hall–Kier alpha value is -0.480. The molecule has 3 N–H and O–H groups in total. The predicted octanol–water partition coefficient (Wildman–Crippen LogP) is 2.74. The fraction of sp³-hybridized carbons (Fsp3) is 0.455. The van der Waals surface area contributed by atoms with E-state index in [1.807, 2.05) is 0 Å². The first-order valence-electron chi connectivity index (χ1n) is 5.55. The Morgan fingerprint density at radius 3 is 2.05 bits per heavy atom. The molecular weight excluding hydrogens is 349 g/mol. The average Bonchev–Trinajstić information content (AvgIpc) is 2.26. The summed E-state index contributed by atoms with van der Waals surface area (Å²) in [6.45, 7) is 3.31. The maximum absolute atomic E-state index is 12.2. The minimum Gasteiger partial charge on any atom is -0.329 e. The minimum atomic E-state index is -4.40. The van der Waals surface area contributed by atoms with Gasteiger partial charge in [-0.3, -0.25) is 0 Å². The first kappa shape index (κ1) is 20.5. The Labute approximate surface area is 132 Å². The summed E-state index contributed by atoms with van der Waals surface area (Å²) >= 11 is -0.298. The van der Waals surface area contributed by atoms with E-state index in [1.54, 1.807) is 13.8 Å².